The fraction of sp³-hybridized carbons (Fsp3) is 0.600. The number of rotatable bonds is 7. The molecule has 1 fully saturated rings. The van der Waals surface area contributed by atoms with Crippen molar-refractivity contribution in [3.63, 3.8) is 0 Å². The maximum atomic E-state index is 13.7. The first-order chi connectivity index (χ1) is 16.6. The van der Waals surface area contributed by atoms with Gasteiger partial charge in [-0.25, -0.2) is 18.7 Å². The molecule has 0 aliphatic carbocycles. The third kappa shape index (κ3) is 8.77. The Morgan fingerprint density at radius 1 is 1.33 bits per heavy atom. The van der Waals surface area contributed by atoms with Gasteiger partial charge in [-0.3, -0.25) is 9.59 Å². The monoisotopic (exact) mass is 525 g/mol. The molecule has 0 spiro atoms. The summed E-state index contributed by atoms with van der Waals surface area (Å²) in [5.41, 5.74) is -0.824. The number of nitrogens with zero attached hydrogens (tertiary/aromatic N) is 3. The smallest absolute Gasteiger partial charge is 0.280 e. The molecule has 3 rings (SSSR count). The lowest BCUT2D eigenvalue weighted by Crippen LogP contribution is -2.38. The average molecular weight is 526 g/mol. The first-order valence-corrected chi connectivity index (χ1v) is 12.7. The highest BCUT2D eigenvalue weighted by Crippen LogP contribution is 2.37. The summed E-state index contributed by atoms with van der Waals surface area (Å²) >= 11 is 1.02. The first kappa shape index (κ1) is 29.6. The van der Waals surface area contributed by atoms with E-state index in [0.717, 1.165) is 24.3 Å². The molecule has 0 radical (unpaired) electrons. The van der Waals surface area contributed by atoms with Gasteiger partial charge >= 0.3 is 0 Å². The average Bonchev–Trinajstić information content (AvgIpc) is 3.35. The van der Waals surface area contributed by atoms with Crippen LogP contribution in [0, 0.1) is 6.92 Å². The molecule has 2 amide bonds. The molecule has 1 aliphatic rings. The molecule has 3 N–H and O–H groups in total. The Morgan fingerprint density at radius 2 is 2.00 bits per heavy atom. The standard InChI is InChI=1S/C19H26F2N4O2S.C6H11NO/c1-10-14(28-17(24-10)16(26)23-9-19(5,6)27)12-8-22-13(25-18(2,3)4)7-11(12)15(20)21;1-6-3-2-4-7(6)5-8/h7-8,15,27H,9H2,1-6H3,(H,22,25)(H,23,26);5-6H,2-4H2,1H3. The van der Waals surface area contributed by atoms with E-state index in [4.69, 9.17) is 0 Å². The number of aliphatic hydroxyl groups is 1. The van der Waals surface area contributed by atoms with Crippen molar-refractivity contribution < 1.29 is 23.5 Å². The molecule has 11 heteroatoms. The topological polar surface area (TPSA) is 107 Å². The third-order valence-electron chi connectivity index (χ3n) is 5.33. The SMILES string of the molecule is CC1CCCN1C=O.Cc1nc(C(=O)NCC(C)(C)O)sc1-c1cnc(NC(C)(C)C)cc1C(F)F. The number of likely N-dealkylation sites (tertiary alicyclic amines) is 1. The zero-order valence-electron chi connectivity index (χ0n) is 22.0. The van der Waals surface area contributed by atoms with Gasteiger partial charge in [-0.15, -0.1) is 11.3 Å². The quantitative estimate of drug-likeness (QED) is 0.449. The Bertz CT molecular complexity index is 1050. The minimum absolute atomic E-state index is 0.0524. The number of pyridine rings is 1. The van der Waals surface area contributed by atoms with E-state index in [1.165, 1.54) is 25.1 Å². The molecule has 1 aliphatic heterocycles. The zero-order valence-corrected chi connectivity index (χ0v) is 22.8. The van der Waals surface area contributed by atoms with Crippen LogP contribution >= 0.6 is 11.3 Å². The molecule has 8 nitrogen and oxygen atoms in total. The van der Waals surface area contributed by atoms with Crippen molar-refractivity contribution in [3.8, 4) is 10.4 Å². The van der Waals surface area contributed by atoms with Gasteiger partial charge in [0.15, 0.2) is 5.01 Å². The van der Waals surface area contributed by atoms with Crippen molar-refractivity contribution >= 4 is 29.5 Å². The number of aromatic nitrogens is 2. The minimum atomic E-state index is -2.70. The number of halogens is 2. The van der Waals surface area contributed by atoms with E-state index in [2.05, 4.69) is 27.5 Å². The van der Waals surface area contributed by atoms with Crippen LogP contribution < -0.4 is 10.6 Å². The molecule has 2 aromatic rings. The van der Waals surface area contributed by atoms with E-state index < -0.39 is 17.9 Å². The van der Waals surface area contributed by atoms with Crippen molar-refractivity contribution in [1.29, 1.82) is 0 Å². The molecule has 200 valence electrons. The second-order valence-corrected chi connectivity index (χ2v) is 11.6. The van der Waals surface area contributed by atoms with E-state index in [1.807, 2.05) is 25.7 Å². The van der Waals surface area contributed by atoms with Crippen LogP contribution in [0.2, 0.25) is 0 Å². The number of aryl methyl sites for hydroxylation is 1. The molecule has 0 aromatic carbocycles. The van der Waals surface area contributed by atoms with Gasteiger partial charge in [-0.2, -0.15) is 0 Å². The summed E-state index contributed by atoms with van der Waals surface area (Å²) in [7, 11) is 0. The van der Waals surface area contributed by atoms with Crippen LogP contribution in [0.3, 0.4) is 0 Å². The largest absolute Gasteiger partial charge is 0.389 e. The summed E-state index contributed by atoms with van der Waals surface area (Å²) in [5, 5.41) is 15.5. The summed E-state index contributed by atoms with van der Waals surface area (Å²) in [6.45, 7) is 13.6. The Morgan fingerprint density at radius 3 is 2.47 bits per heavy atom. The van der Waals surface area contributed by atoms with Crippen LogP contribution in [-0.4, -0.2) is 62.6 Å². The fourth-order valence-electron chi connectivity index (χ4n) is 3.52. The van der Waals surface area contributed by atoms with Crippen molar-refractivity contribution in [1.82, 2.24) is 20.2 Å². The van der Waals surface area contributed by atoms with Gasteiger partial charge in [-0.1, -0.05) is 0 Å². The summed E-state index contributed by atoms with van der Waals surface area (Å²) in [5.74, 6) is -0.101. The summed E-state index contributed by atoms with van der Waals surface area (Å²) in [6, 6.07) is 1.82. The van der Waals surface area contributed by atoms with Crippen LogP contribution in [0.25, 0.3) is 10.4 Å². The van der Waals surface area contributed by atoms with Gasteiger partial charge in [0.1, 0.15) is 5.82 Å². The number of carbonyl (C=O) groups is 2. The number of alkyl halides is 2. The van der Waals surface area contributed by atoms with Crippen LogP contribution in [-0.2, 0) is 4.79 Å². The van der Waals surface area contributed by atoms with Gasteiger partial charge < -0.3 is 20.6 Å². The van der Waals surface area contributed by atoms with E-state index in [1.54, 1.807) is 20.8 Å². The van der Waals surface area contributed by atoms with Crippen molar-refractivity contribution in [3.05, 3.63) is 28.5 Å². The van der Waals surface area contributed by atoms with E-state index >= 15 is 0 Å². The van der Waals surface area contributed by atoms with Gasteiger partial charge in [-0.05, 0) is 67.4 Å². The van der Waals surface area contributed by atoms with Crippen LogP contribution in [0.1, 0.15) is 81.9 Å². The molecule has 3 heterocycles. The van der Waals surface area contributed by atoms with E-state index in [-0.39, 0.29) is 28.2 Å². The molecular formula is C25H37F2N5O3S. The number of hydrogen-bond donors (Lipinski definition) is 3. The number of nitrogens with one attached hydrogen (secondary N) is 2. The first-order valence-electron chi connectivity index (χ1n) is 11.9. The number of thiazole rings is 1. The van der Waals surface area contributed by atoms with E-state index in [9.17, 15) is 23.5 Å². The molecule has 1 saturated heterocycles. The Hall–Kier alpha value is -2.66. The van der Waals surface area contributed by atoms with Crippen molar-refractivity contribution in [2.24, 2.45) is 0 Å². The van der Waals surface area contributed by atoms with Gasteiger partial charge in [0.2, 0.25) is 6.41 Å². The Balaban J connectivity index is 0.000000482. The van der Waals surface area contributed by atoms with E-state index in [0.29, 0.717) is 22.4 Å². The fourth-order valence-corrected chi connectivity index (χ4v) is 4.54. The summed E-state index contributed by atoms with van der Waals surface area (Å²) < 4.78 is 27.4. The van der Waals surface area contributed by atoms with Crippen LogP contribution in [0.5, 0.6) is 0 Å². The molecule has 0 saturated carbocycles. The molecule has 1 unspecified atom stereocenters. The second-order valence-electron chi connectivity index (χ2n) is 10.6. The highest BCUT2D eigenvalue weighted by molar-refractivity contribution is 7.17. The summed E-state index contributed by atoms with van der Waals surface area (Å²) in [6.07, 6.45) is 1.98. The highest BCUT2D eigenvalue weighted by atomic mass is 32.1. The lowest BCUT2D eigenvalue weighted by molar-refractivity contribution is -0.118. The number of anilines is 1. The molecular weight excluding hydrogens is 488 g/mol. The molecule has 0 bridgehead atoms. The zero-order chi connectivity index (χ0) is 27.3. The van der Waals surface area contributed by atoms with Crippen LogP contribution in [0.4, 0.5) is 14.6 Å². The maximum Gasteiger partial charge on any atom is 0.280 e. The van der Waals surface area contributed by atoms with Gasteiger partial charge in [0.25, 0.3) is 12.3 Å². The number of amides is 2. The normalized spacial score (nSPS) is 16.0. The molecule has 1 atom stereocenters. The maximum absolute atomic E-state index is 13.7. The Kier molecular flexibility index (Phi) is 9.90. The lowest BCUT2D eigenvalue weighted by atomic mass is 10.1. The van der Waals surface area contributed by atoms with Crippen molar-refractivity contribution in [2.75, 3.05) is 18.4 Å². The predicted molar refractivity (Wildman–Crippen MR) is 139 cm³/mol. The van der Waals surface area contributed by atoms with Gasteiger partial charge in [0.05, 0.1) is 16.2 Å². The minimum Gasteiger partial charge on any atom is -0.389 e. The lowest BCUT2D eigenvalue weighted by Gasteiger charge is -2.22. The highest BCUT2D eigenvalue weighted by Gasteiger charge is 2.24. The van der Waals surface area contributed by atoms with Gasteiger partial charge in [0, 0.05) is 42.0 Å². The van der Waals surface area contributed by atoms with Crippen molar-refractivity contribution in [2.45, 2.75) is 84.9 Å². The van der Waals surface area contributed by atoms with Crippen LogP contribution in [0.15, 0.2) is 12.3 Å². The number of carbonyl (C=O) groups excluding carboxylic acids is 2. The Labute approximate surface area is 215 Å². The number of hydrogen-bond acceptors (Lipinski definition) is 7. The predicted octanol–water partition coefficient (Wildman–Crippen LogP) is 4.79. The second kappa shape index (κ2) is 12.1. The molecule has 36 heavy (non-hydrogen) atoms. The third-order valence-corrected chi connectivity index (χ3v) is 6.52. The summed E-state index contributed by atoms with van der Waals surface area (Å²) in [4.78, 5) is 33.2. The molecule has 2 aromatic heterocycles.